The monoisotopic (exact) mass is 345 g/mol. The highest BCUT2D eigenvalue weighted by atomic mass is 35.5. The number of benzene rings is 1. The lowest BCUT2D eigenvalue weighted by Gasteiger charge is -2.08. The van der Waals surface area contributed by atoms with Gasteiger partial charge in [0.2, 0.25) is 5.91 Å². The molecule has 2 fully saturated rings. The third-order valence-electron chi connectivity index (χ3n) is 4.72. The minimum Gasteiger partial charge on any atom is -0.376 e. The molecule has 126 valence electrons. The first-order valence-electron chi connectivity index (χ1n) is 8.39. The Labute approximate surface area is 145 Å². The number of carbonyl (C=O) groups excluding carboxylic acids is 1. The number of aromatic nitrogens is 2. The molecule has 24 heavy (non-hydrogen) atoms. The van der Waals surface area contributed by atoms with E-state index in [9.17, 15) is 4.79 Å². The molecule has 2 aromatic rings. The van der Waals surface area contributed by atoms with Crippen LogP contribution >= 0.6 is 11.6 Å². The first-order chi connectivity index (χ1) is 11.7. The summed E-state index contributed by atoms with van der Waals surface area (Å²) in [5.41, 5.74) is 1.88. The lowest BCUT2D eigenvalue weighted by atomic mass is 10.1. The van der Waals surface area contributed by atoms with Crippen molar-refractivity contribution in [2.75, 3.05) is 11.9 Å². The zero-order valence-electron chi connectivity index (χ0n) is 13.3. The minimum absolute atomic E-state index is 0.0185. The van der Waals surface area contributed by atoms with Crippen LogP contribution in [0.15, 0.2) is 36.7 Å². The van der Waals surface area contributed by atoms with Crippen molar-refractivity contribution >= 4 is 23.2 Å². The van der Waals surface area contributed by atoms with Crippen LogP contribution in [0.25, 0.3) is 0 Å². The molecular weight excluding hydrogens is 326 g/mol. The summed E-state index contributed by atoms with van der Waals surface area (Å²) in [6, 6.07) is 7.76. The van der Waals surface area contributed by atoms with Crippen molar-refractivity contribution in [1.29, 1.82) is 0 Å². The molecule has 3 atom stereocenters. The third kappa shape index (κ3) is 3.47. The fraction of sp³-hybridized carbons (Fsp3) is 0.444. The van der Waals surface area contributed by atoms with Gasteiger partial charge in [-0.15, -0.1) is 0 Å². The van der Waals surface area contributed by atoms with Gasteiger partial charge in [0.15, 0.2) is 0 Å². The van der Waals surface area contributed by atoms with E-state index in [2.05, 4.69) is 10.4 Å². The summed E-state index contributed by atoms with van der Waals surface area (Å²) >= 11 is 6.02. The number of nitrogens with zero attached hydrogens (tertiary/aromatic N) is 2. The molecule has 2 aliphatic rings. The summed E-state index contributed by atoms with van der Waals surface area (Å²) in [6.45, 7) is 1.58. The fourth-order valence-electron chi connectivity index (χ4n) is 3.35. The molecule has 0 spiro atoms. The van der Waals surface area contributed by atoms with E-state index in [0.29, 0.717) is 5.02 Å². The number of amides is 1. The summed E-state index contributed by atoms with van der Waals surface area (Å²) in [7, 11) is 0. The van der Waals surface area contributed by atoms with Crippen LogP contribution in [-0.4, -0.2) is 28.4 Å². The topological polar surface area (TPSA) is 56.2 Å². The van der Waals surface area contributed by atoms with Gasteiger partial charge in [0.1, 0.15) is 0 Å². The Morgan fingerprint density at radius 1 is 1.46 bits per heavy atom. The second-order valence-electron chi connectivity index (χ2n) is 6.58. The molecular formula is C18H20ClN3O2. The van der Waals surface area contributed by atoms with Crippen molar-refractivity contribution < 1.29 is 9.53 Å². The van der Waals surface area contributed by atoms with Crippen molar-refractivity contribution in [2.24, 2.45) is 5.92 Å². The van der Waals surface area contributed by atoms with Gasteiger partial charge < -0.3 is 10.1 Å². The quantitative estimate of drug-likeness (QED) is 0.902. The molecule has 1 saturated carbocycles. The maximum absolute atomic E-state index is 12.4. The third-order valence-corrected chi connectivity index (χ3v) is 4.95. The lowest BCUT2D eigenvalue weighted by molar-refractivity contribution is -0.117. The van der Waals surface area contributed by atoms with Crippen LogP contribution in [0.3, 0.4) is 0 Å². The number of rotatable bonds is 5. The molecule has 1 amide bonds. The number of hydrogen-bond donors (Lipinski definition) is 1. The molecule has 1 aromatic heterocycles. The molecule has 0 unspecified atom stereocenters. The summed E-state index contributed by atoms with van der Waals surface area (Å²) in [5.74, 6) is 0.340. The van der Waals surface area contributed by atoms with E-state index < -0.39 is 0 Å². The van der Waals surface area contributed by atoms with Gasteiger partial charge in [0, 0.05) is 23.7 Å². The van der Waals surface area contributed by atoms with Gasteiger partial charge in [0.05, 0.1) is 24.5 Å². The van der Waals surface area contributed by atoms with Crippen molar-refractivity contribution in [2.45, 2.75) is 37.8 Å². The Morgan fingerprint density at radius 2 is 2.38 bits per heavy atom. The molecule has 5 nitrogen and oxygen atoms in total. The first-order valence-corrected chi connectivity index (χ1v) is 8.77. The summed E-state index contributed by atoms with van der Waals surface area (Å²) < 4.78 is 7.45. The van der Waals surface area contributed by atoms with Gasteiger partial charge in [-0.05, 0) is 42.9 Å². The van der Waals surface area contributed by atoms with Gasteiger partial charge in [-0.25, -0.2) is 0 Å². The van der Waals surface area contributed by atoms with Gasteiger partial charge in [-0.3, -0.25) is 9.48 Å². The van der Waals surface area contributed by atoms with Crippen LogP contribution in [0.5, 0.6) is 0 Å². The van der Waals surface area contributed by atoms with E-state index >= 15 is 0 Å². The average molecular weight is 346 g/mol. The molecule has 4 rings (SSSR count). The summed E-state index contributed by atoms with van der Waals surface area (Å²) in [5, 5.41) is 7.99. The Kier molecular flexibility index (Phi) is 4.29. The highest BCUT2D eigenvalue weighted by Crippen LogP contribution is 2.48. The van der Waals surface area contributed by atoms with Crippen LogP contribution in [0.1, 0.15) is 30.7 Å². The minimum atomic E-state index is 0.0185. The van der Waals surface area contributed by atoms with Crippen molar-refractivity contribution in [3.63, 3.8) is 0 Å². The molecule has 1 saturated heterocycles. The van der Waals surface area contributed by atoms with E-state index in [1.807, 2.05) is 35.1 Å². The fourth-order valence-corrected chi connectivity index (χ4v) is 3.55. The maximum atomic E-state index is 12.4. The molecule has 1 aromatic carbocycles. The predicted octanol–water partition coefficient (Wildman–Crippen LogP) is 3.46. The maximum Gasteiger partial charge on any atom is 0.228 e. The Balaban J connectivity index is 1.33. The Bertz CT molecular complexity index is 739. The number of anilines is 1. The highest BCUT2D eigenvalue weighted by Gasteiger charge is 2.44. The van der Waals surface area contributed by atoms with Gasteiger partial charge in [-0.1, -0.05) is 23.7 Å². The summed E-state index contributed by atoms with van der Waals surface area (Å²) in [6.07, 6.45) is 6.87. The number of carbonyl (C=O) groups is 1. The van der Waals surface area contributed by atoms with Crippen LogP contribution in [-0.2, 0) is 16.1 Å². The van der Waals surface area contributed by atoms with E-state index in [1.165, 1.54) is 0 Å². The molecule has 6 heteroatoms. The largest absolute Gasteiger partial charge is 0.376 e. The lowest BCUT2D eigenvalue weighted by Crippen LogP contribution is -2.16. The van der Waals surface area contributed by atoms with E-state index in [-0.39, 0.29) is 23.8 Å². The predicted molar refractivity (Wildman–Crippen MR) is 92.1 cm³/mol. The SMILES string of the molecule is O=C(Nc1cnn(C[C@@H]2CCCO2)c1)[C@@H]1C[C@H]1c1cccc(Cl)c1. The zero-order valence-corrected chi connectivity index (χ0v) is 14.1. The van der Waals surface area contributed by atoms with Crippen LogP contribution in [0.4, 0.5) is 5.69 Å². The Hall–Kier alpha value is -1.85. The second kappa shape index (κ2) is 6.57. The smallest absolute Gasteiger partial charge is 0.228 e. The van der Waals surface area contributed by atoms with Crippen LogP contribution < -0.4 is 5.32 Å². The number of hydrogen-bond acceptors (Lipinski definition) is 3. The molecule has 0 radical (unpaired) electrons. The Morgan fingerprint density at radius 3 is 3.17 bits per heavy atom. The van der Waals surface area contributed by atoms with Crippen LogP contribution in [0, 0.1) is 5.92 Å². The molecule has 1 aliphatic carbocycles. The van der Waals surface area contributed by atoms with E-state index in [4.69, 9.17) is 16.3 Å². The molecule has 1 aliphatic heterocycles. The summed E-state index contributed by atoms with van der Waals surface area (Å²) in [4.78, 5) is 12.4. The molecule has 2 heterocycles. The van der Waals surface area contributed by atoms with Gasteiger partial charge in [0.25, 0.3) is 0 Å². The van der Waals surface area contributed by atoms with Crippen LogP contribution in [0.2, 0.25) is 5.02 Å². The molecule has 1 N–H and O–H groups in total. The highest BCUT2D eigenvalue weighted by molar-refractivity contribution is 6.30. The molecule has 0 bridgehead atoms. The van der Waals surface area contributed by atoms with Gasteiger partial charge >= 0.3 is 0 Å². The second-order valence-corrected chi connectivity index (χ2v) is 7.02. The first kappa shape index (κ1) is 15.7. The zero-order chi connectivity index (χ0) is 16.5. The van der Waals surface area contributed by atoms with E-state index in [0.717, 1.165) is 43.7 Å². The van der Waals surface area contributed by atoms with E-state index in [1.54, 1.807) is 6.20 Å². The number of ether oxygens (including phenoxy) is 1. The average Bonchev–Trinajstić information content (AvgIpc) is 2.99. The standard InChI is InChI=1S/C18H20ClN3O2/c19-13-4-1-3-12(7-13)16-8-17(16)18(23)21-14-9-20-22(10-14)11-15-5-2-6-24-15/h1,3-4,7,9-10,15-17H,2,5-6,8,11H2,(H,21,23)/t15-,16-,17+/m0/s1. The van der Waals surface area contributed by atoms with Gasteiger partial charge in [-0.2, -0.15) is 5.10 Å². The number of halogens is 1. The number of nitrogens with one attached hydrogen (secondary N) is 1. The van der Waals surface area contributed by atoms with Crippen molar-refractivity contribution in [1.82, 2.24) is 9.78 Å². The normalized spacial score (nSPS) is 25.6. The van der Waals surface area contributed by atoms with Crippen molar-refractivity contribution in [3.8, 4) is 0 Å². The van der Waals surface area contributed by atoms with Crippen molar-refractivity contribution in [3.05, 3.63) is 47.2 Å².